The van der Waals surface area contributed by atoms with Gasteiger partial charge in [0.15, 0.2) is 5.78 Å². The normalized spacial score (nSPS) is 18.1. The number of thiophene rings is 1. The number of nitrogens with zero attached hydrogens (tertiary/aromatic N) is 1. The number of carbonyl (C=O) groups excluding carboxylic acids is 2. The van der Waals surface area contributed by atoms with Gasteiger partial charge in [0.1, 0.15) is 0 Å². The maximum Gasteiger partial charge on any atom is 0.251 e. The number of amides is 1. The quantitative estimate of drug-likeness (QED) is 0.485. The summed E-state index contributed by atoms with van der Waals surface area (Å²) in [4.78, 5) is 29.2. The molecule has 1 N–H and O–H groups in total. The van der Waals surface area contributed by atoms with Gasteiger partial charge < -0.3 is 5.32 Å². The van der Waals surface area contributed by atoms with E-state index in [0.717, 1.165) is 25.9 Å². The van der Waals surface area contributed by atoms with Crippen molar-refractivity contribution in [1.82, 2.24) is 10.2 Å². The van der Waals surface area contributed by atoms with E-state index in [9.17, 15) is 18.0 Å². The Kier molecular flexibility index (Phi) is 5.44. The minimum Gasteiger partial charge on any atom is -0.350 e. The zero-order valence-corrected chi connectivity index (χ0v) is 18.9. The lowest BCUT2D eigenvalue weighted by Crippen LogP contribution is -2.36. The molecule has 1 saturated heterocycles. The molecule has 0 radical (unpaired) electrons. The lowest BCUT2D eigenvalue weighted by atomic mass is 10.0. The second-order valence-electron chi connectivity index (χ2n) is 8.02. The van der Waals surface area contributed by atoms with E-state index in [4.69, 9.17) is 0 Å². The number of carbonyl (C=O) groups is 2. The lowest BCUT2D eigenvalue weighted by molar-refractivity contribution is 0.0936. The van der Waals surface area contributed by atoms with Crippen molar-refractivity contribution in [2.45, 2.75) is 28.7 Å². The molecule has 5 rings (SSSR count). The first-order valence-electron chi connectivity index (χ1n) is 10.6. The molecule has 164 valence electrons. The summed E-state index contributed by atoms with van der Waals surface area (Å²) in [6.07, 6.45) is 2.29. The fourth-order valence-corrected chi connectivity index (χ4v) is 7.00. The second kappa shape index (κ2) is 8.27. The van der Waals surface area contributed by atoms with Crippen molar-refractivity contribution in [2.24, 2.45) is 0 Å². The van der Waals surface area contributed by atoms with Crippen LogP contribution in [0, 0.1) is 0 Å². The number of hydrogen-bond donors (Lipinski definition) is 1. The number of nitrogens with one attached hydrogen (secondary N) is 1. The van der Waals surface area contributed by atoms with Crippen molar-refractivity contribution in [2.75, 3.05) is 19.6 Å². The van der Waals surface area contributed by atoms with Crippen molar-refractivity contribution in [3.63, 3.8) is 0 Å². The molecule has 1 aromatic heterocycles. The van der Waals surface area contributed by atoms with E-state index in [1.165, 1.54) is 35.2 Å². The molecule has 1 fully saturated rings. The van der Waals surface area contributed by atoms with Gasteiger partial charge in [-0.1, -0.05) is 18.2 Å². The van der Waals surface area contributed by atoms with E-state index in [1.54, 1.807) is 23.5 Å². The third kappa shape index (κ3) is 3.58. The van der Waals surface area contributed by atoms with Gasteiger partial charge in [0.05, 0.1) is 15.8 Å². The largest absolute Gasteiger partial charge is 0.350 e. The summed E-state index contributed by atoms with van der Waals surface area (Å²) in [6.45, 7) is 2.43. The predicted octanol–water partition coefficient (Wildman–Crippen LogP) is 3.69. The van der Waals surface area contributed by atoms with Crippen LogP contribution in [0.1, 0.15) is 50.0 Å². The number of fused-ring (bicyclic) bond motifs is 2. The summed E-state index contributed by atoms with van der Waals surface area (Å²) in [7, 11) is -3.88. The summed E-state index contributed by atoms with van der Waals surface area (Å²) >= 11 is 1.67. The fraction of sp³-hybridized carbons (Fsp3) is 0.250. The highest BCUT2D eigenvalue weighted by Gasteiger charge is 2.35. The lowest BCUT2D eigenvalue weighted by Gasteiger charge is -2.27. The standard InChI is InChI=1S/C24H22N2O4S2/c27-23-17-6-1-2-8-21(17)32(29,30)22-14-16(9-10-18(22)23)24(28)25-15-19(20-7-5-13-31-20)26-11-3-4-12-26/h1-2,5-10,13-14,19H,3-4,11-12,15H2,(H,25,28). The van der Waals surface area contributed by atoms with Gasteiger partial charge in [-0.15, -0.1) is 11.3 Å². The molecule has 1 atom stereocenters. The molecule has 1 unspecified atom stereocenters. The van der Waals surface area contributed by atoms with Gasteiger partial charge in [0.2, 0.25) is 9.84 Å². The smallest absolute Gasteiger partial charge is 0.251 e. The number of ketones is 1. The Labute approximate surface area is 190 Å². The SMILES string of the molecule is O=C(NCC(c1cccs1)N1CCCC1)c1ccc2c(c1)S(=O)(=O)c1ccccc1C2=O. The molecule has 6 nitrogen and oxygen atoms in total. The van der Waals surface area contributed by atoms with E-state index in [-0.39, 0.29) is 44.2 Å². The first-order chi connectivity index (χ1) is 15.5. The summed E-state index contributed by atoms with van der Waals surface area (Å²) in [5.41, 5.74) is 0.501. The van der Waals surface area contributed by atoms with E-state index in [0.29, 0.717) is 6.54 Å². The second-order valence-corrected chi connectivity index (χ2v) is 10.9. The predicted molar refractivity (Wildman–Crippen MR) is 122 cm³/mol. The zero-order chi connectivity index (χ0) is 22.3. The molecule has 2 aliphatic heterocycles. The highest BCUT2D eigenvalue weighted by molar-refractivity contribution is 7.91. The van der Waals surface area contributed by atoms with Crippen LogP contribution in [0.5, 0.6) is 0 Å². The van der Waals surface area contributed by atoms with E-state index in [2.05, 4.69) is 16.3 Å². The highest BCUT2D eigenvalue weighted by atomic mass is 32.2. The van der Waals surface area contributed by atoms with Crippen molar-refractivity contribution in [3.8, 4) is 0 Å². The van der Waals surface area contributed by atoms with Gasteiger partial charge in [-0.2, -0.15) is 0 Å². The Morgan fingerprint density at radius 1 is 1.00 bits per heavy atom. The van der Waals surface area contributed by atoms with Crippen LogP contribution in [0.3, 0.4) is 0 Å². The summed E-state index contributed by atoms with van der Waals surface area (Å²) < 4.78 is 26.2. The molecule has 0 aliphatic carbocycles. The monoisotopic (exact) mass is 466 g/mol. The molecule has 2 aliphatic rings. The Balaban J connectivity index is 1.41. The van der Waals surface area contributed by atoms with Crippen molar-refractivity contribution in [1.29, 1.82) is 0 Å². The average molecular weight is 467 g/mol. The van der Waals surface area contributed by atoms with E-state index >= 15 is 0 Å². The van der Waals surface area contributed by atoms with Gasteiger partial charge in [-0.05, 0) is 67.7 Å². The van der Waals surface area contributed by atoms with Crippen LogP contribution in [-0.4, -0.2) is 44.6 Å². The molecule has 0 bridgehead atoms. The van der Waals surface area contributed by atoms with Crippen molar-refractivity contribution in [3.05, 3.63) is 81.5 Å². The van der Waals surface area contributed by atoms with Crippen molar-refractivity contribution < 1.29 is 18.0 Å². The third-order valence-corrected chi connectivity index (χ3v) is 8.93. The topological polar surface area (TPSA) is 83.6 Å². The maximum absolute atomic E-state index is 13.1. The maximum atomic E-state index is 13.1. The number of likely N-dealkylation sites (tertiary alicyclic amines) is 1. The summed E-state index contributed by atoms with van der Waals surface area (Å²) in [5.74, 6) is -0.695. The van der Waals surface area contributed by atoms with Gasteiger partial charge in [0, 0.05) is 28.1 Å². The minimum absolute atomic E-state index is 0.0122. The molecule has 2 aromatic carbocycles. The molecular formula is C24H22N2O4S2. The Morgan fingerprint density at radius 3 is 2.50 bits per heavy atom. The average Bonchev–Trinajstić information content (AvgIpc) is 3.53. The van der Waals surface area contributed by atoms with E-state index < -0.39 is 9.84 Å². The molecule has 0 spiro atoms. The number of sulfone groups is 1. The first kappa shape index (κ1) is 21.1. The molecular weight excluding hydrogens is 444 g/mol. The number of hydrogen-bond acceptors (Lipinski definition) is 6. The third-order valence-electron chi connectivity index (χ3n) is 6.11. The van der Waals surface area contributed by atoms with Crippen LogP contribution in [0.2, 0.25) is 0 Å². The Hall–Kier alpha value is -2.81. The van der Waals surface area contributed by atoms with Crippen LogP contribution < -0.4 is 5.32 Å². The highest BCUT2D eigenvalue weighted by Crippen LogP contribution is 2.35. The van der Waals surface area contributed by atoms with Gasteiger partial charge in [-0.3, -0.25) is 14.5 Å². The molecule has 3 aromatic rings. The van der Waals surface area contributed by atoms with Crippen LogP contribution in [0.25, 0.3) is 0 Å². The number of benzene rings is 2. The first-order valence-corrected chi connectivity index (χ1v) is 12.9. The summed E-state index contributed by atoms with van der Waals surface area (Å²) in [5, 5.41) is 5.01. The molecule has 3 heterocycles. The van der Waals surface area contributed by atoms with Gasteiger partial charge in [0.25, 0.3) is 5.91 Å². The Bertz CT molecular complexity index is 1290. The van der Waals surface area contributed by atoms with Gasteiger partial charge in [-0.25, -0.2) is 8.42 Å². The Morgan fingerprint density at radius 2 is 1.75 bits per heavy atom. The van der Waals surface area contributed by atoms with Gasteiger partial charge >= 0.3 is 0 Å². The zero-order valence-electron chi connectivity index (χ0n) is 17.3. The van der Waals surface area contributed by atoms with Crippen LogP contribution in [0.4, 0.5) is 0 Å². The molecule has 1 amide bonds. The number of rotatable bonds is 5. The molecule has 0 saturated carbocycles. The van der Waals surface area contributed by atoms with Crippen LogP contribution >= 0.6 is 11.3 Å². The summed E-state index contributed by atoms with van der Waals surface area (Å²) in [6, 6.07) is 14.6. The molecule has 8 heteroatoms. The van der Waals surface area contributed by atoms with E-state index in [1.807, 2.05) is 11.4 Å². The van der Waals surface area contributed by atoms with Crippen LogP contribution in [0.15, 0.2) is 69.8 Å². The fourth-order valence-electron chi connectivity index (χ4n) is 4.46. The van der Waals surface area contributed by atoms with Crippen molar-refractivity contribution >= 4 is 32.9 Å². The molecule has 32 heavy (non-hydrogen) atoms. The van der Waals surface area contributed by atoms with Crippen LogP contribution in [-0.2, 0) is 9.84 Å². The minimum atomic E-state index is -3.88.